The first-order valence-corrected chi connectivity index (χ1v) is 23.4. The van der Waals surface area contributed by atoms with Crippen LogP contribution in [-0.4, -0.2) is 25.2 Å². The Balaban J connectivity index is 0.000000148. The van der Waals surface area contributed by atoms with Crippen molar-refractivity contribution in [3.8, 4) is 0 Å². The maximum Gasteiger partial charge on any atom is 0.123 e. The molecule has 0 N–H and O–H groups in total. The molecule has 0 spiro atoms. The minimum absolute atomic E-state index is 0. The molecule has 0 saturated heterocycles. The smallest absolute Gasteiger partial charge is 0.123 e. The standard InChI is InChI=1S/C19H12F2N2.C16H13FN2.C14H11FN2.C11H11FN2.3Ir/c20-14-5-9-16(10-6-14)22-13-23(17-11-7-15(21)8-12-17)19-4-2-1-3-18(19)22;1-13-2-6-15(7-3-13)18-10-11-19(12-18)16-8-4-14(17)5-9-16;1-16-10-17(12-8-6-11(15)7-9-12)14-5-3-2-4-13(14)16;1-13-4-5-14-10-3-2-9(12)6-8(10)7-11(13)14;;;/h1-11,13H;2-8,10-12H,1H3;2-8,10H,1H3;2-6,11H,7H2,1H3;;;/q3*-2;;;;. The summed E-state index contributed by atoms with van der Waals surface area (Å²) in [7, 11) is 4.03. The number of benzene rings is 8. The summed E-state index contributed by atoms with van der Waals surface area (Å²) in [5.74, 6) is -1.28. The Morgan fingerprint density at radius 2 is 0.921 bits per heavy atom. The summed E-state index contributed by atoms with van der Waals surface area (Å²) < 4.78 is 65.0. The molecule has 5 heterocycles. The molecule has 76 heavy (non-hydrogen) atoms. The van der Waals surface area contributed by atoms with Gasteiger partial charge in [-0.1, -0.05) is 42.0 Å². The monoisotopic (exact) mass is 1550 g/mol. The normalized spacial score (nSPS) is 14.9. The fourth-order valence-electron chi connectivity index (χ4n) is 8.81. The Morgan fingerprint density at radius 3 is 1.50 bits per heavy atom. The van der Waals surface area contributed by atoms with Crippen molar-refractivity contribution < 1.29 is 82.3 Å². The minimum atomic E-state index is -0.323. The quantitative estimate of drug-likeness (QED) is 0.124. The van der Waals surface area contributed by atoms with Gasteiger partial charge in [-0.25, -0.2) is 8.78 Å². The molecule has 3 radical (unpaired) electrons. The fourth-order valence-corrected chi connectivity index (χ4v) is 8.81. The number of hydrogen-bond acceptors (Lipinski definition) is 8. The van der Waals surface area contributed by atoms with Crippen LogP contribution in [0.4, 0.5) is 78.8 Å². The van der Waals surface area contributed by atoms with Gasteiger partial charge in [0.1, 0.15) is 17.8 Å². The molecule has 1 atom stereocenters. The van der Waals surface area contributed by atoms with E-state index in [1.54, 1.807) is 36.4 Å². The zero-order valence-corrected chi connectivity index (χ0v) is 48.1. The van der Waals surface area contributed by atoms with Crippen LogP contribution in [-0.2, 0) is 66.7 Å². The first-order chi connectivity index (χ1) is 35.4. The summed E-state index contributed by atoms with van der Waals surface area (Å²) in [5, 5.41) is 0. The molecule has 0 amide bonds. The molecule has 395 valence electrons. The average Bonchev–Trinajstić information content (AvgIpc) is 4.26. The van der Waals surface area contributed by atoms with E-state index in [0.29, 0.717) is 6.17 Å². The van der Waals surface area contributed by atoms with E-state index in [1.165, 1.54) is 60.2 Å². The number of hydrogen-bond donors (Lipinski definition) is 0. The molecule has 0 bridgehead atoms. The third-order valence-electron chi connectivity index (χ3n) is 12.6. The van der Waals surface area contributed by atoms with E-state index >= 15 is 0 Å². The van der Waals surface area contributed by atoms with Crippen LogP contribution in [0, 0.1) is 74.2 Å². The van der Waals surface area contributed by atoms with Gasteiger partial charge in [0.2, 0.25) is 0 Å². The molecular weight excluding hydrogens is 1500 g/mol. The van der Waals surface area contributed by atoms with Crippen molar-refractivity contribution in [3.05, 3.63) is 273 Å². The van der Waals surface area contributed by atoms with Crippen LogP contribution in [0.2, 0.25) is 0 Å². The van der Waals surface area contributed by atoms with Crippen LogP contribution in [0.3, 0.4) is 0 Å². The number of rotatable bonds is 5. The number of anilines is 10. The summed E-state index contributed by atoms with van der Waals surface area (Å²) in [6.45, 7) is 7.86. The zero-order valence-electron chi connectivity index (χ0n) is 41.0. The maximum atomic E-state index is 13.2. The van der Waals surface area contributed by atoms with Gasteiger partial charge in [0.25, 0.3) is 0 Å². The summed E-state index contributed by atoms with van der Waals surface area (Å²) >= 11 is 0. The molecule has 0 saturated carbocycles. The number of fused-ring (bicyclic) bond motifs is 5. The minimum Gasteiger partial charge on any atom is -0.504 e. The number of para-hydroxylation sites is 4. The van der Waals surface area contributed by atoms with E-state index in [0.717, 1.165) is 68.9 Å². The van der Waals surface area contributed by atoms with E-state index in [4.69, 9.17) is 0 Å². The topological polar surface area (TPSA) is 25.9 Å². The predicted molar refractivity (Wildman–Crippen MR) is 281 cm³/mol. The van der Waals surface area contributed by atoms with Gasteiger partial charge < -0.3 is 39.2 Å². The molecule has 5 aliphatic heterocycles. The Kier molecular flexibility index (Phi) is 19.0. The second kappa shape index (κ2) is 25.4. The van der Waals surface area contributed by atoms with Crippen LogP contribution in [0.1, 0.15) is 11.1 Å². The molecule has 8 aromatic carbocycles. The van der Waals surface area contributed by atoms with Gasteiger partial charge in [-0.3, -0.25) is 13.2 Å². The molecule has 0 fully saturated rings. The molecular formula is C60H47F5Ir3N8-6. The second-order valence-electron chi connectivity index (χ2n) is 17.5. The van der Waals surface area contributed by atoms with Gasteiger partial charge >= 0.3 is 0 Å². The first kappa shape index (κ1) is 57.0. The molecule has 5 aliphatic rings. The number of aryl methyl sites for hydroxylation is 1. The molecule has 13 rings (SSSR count). The van der Waals surface area contributed by atoms with Crippen LogP contribution < -0.4 is 34.3 Å². The van der Waals surface area contributed by atoms with Crippen LogP contribution in [0.15, 0.2) is 195 Å². The van der Waals surface area contributed by atoms with Crippen molar-refractivity contribution in [3.63, 3.8) is 0 Å². The molecule has 0 aromatic heterocycles. The molecule has 16 heteroatoms. The SMILES string of the molecule is CN1C=CN2c3ccc(F)cc3CC12.CN1[CH-]N(c2[c-]cc(F)cc2)c2ccccc21.Cc1ccc(N2C=CN(c3[c-]cc(F)cc3)[CH-]2)cc1.Fc1c[c-]c(N2[CH-]N(c3ccc(F)cc3)c3ccccc32)cc1.[Ir].[Ir].[Ir]. The predicted octanol–water partition coefficient (Wildman–Crippen LogP) is 14.3. The number of nitrogens with zero attached hydrogens (tertiary/aromatic N) is 8. The Labute approximate surface area is 481 Å². The van der Waals surface area contributed by atoms with E-state index in [9.17, 15) is 22.0 Å². The van der Waals surface area contributed by atoms with Crippen molar-refractivity contribution in [2.24, 2.45) is 0 Å². The Morgan fingerprint density at radius 1 is 0.434 bits per heavy atom. The van der Waals surface area contributed by atoms with Crippen molar-refractivity contribution in [1.29, 1.82) is 0 Å². The maximum absolute atomic E-state index is 13.2. The largest absolute Gasteiger partial charge is 0.504 e. The summed E-state index contributed by atoms with van der Waals surface area (Å²) in [4.78, 5) is 16.2. The molecule has 8 nitrogen and oxygen atoms in total. The Bertz CT molecular complexity index is 3120. The van der Waals surface area contributed by atoms with Crippen molar-refractivity contribution >= 4 is 56.9 Å². The van der Waals surface area contributed by atoms with Crippen molar-refractivity contribution in [1.82, 2.24) is 4.90 Å². The summed E-state index contributed by atoms with van der Waals surface area (Å²) in [5.41, 5.74) is 11.9. The third kappa shape index (κ3) is 12.7. The number of likely N-dealkylation sites (N-methyl/N-ethyl adjacent to an activating group) is 1. The van der Waals surface area contributed by atoms with E-state index in [1.807, 2.05) is 124 Å². The summed E-state index contributed by atoms with van der Waals surface area (Å²) in [6, 6.07) is 57.7. The van der Waals surface area contributed by atoms with Crippen LogP contribution in [0.25, 0.3) is 0 Å². The van der Waals surface area contributed by atoms with E-state index < -0.39 is 0 Å². The van der Waals surface area contributed by atoms with Crippen molar-refractivity contribution in [2.45, 2.75) is 19.5 Å². The molecule has 1 unspecified atom stereocenters. The molecule has 0 aliphatic carbocycles. The van der Waals surface area contributed by atoms with Gasteiger partial charge in [-0.2, -0.15) is 24.9 Å². The third-order valence-corrected chi connectivity index (χ3v) is 12.6. The van der Waals surface area contributed by atoms with Gasteiger partial charge in [0, 0.05) is 143 Å². The van der Waals surface area contributed by atoms with E-state index in [2.05, 4.69) is 77.7 Å². The van der Waals surface area contributed by atoms with Crippen LogP contribution in [0.5, 0.6) is 0 Å². The van der Waals surface area contributed by atoms with Crippen molar-refractivity contribution in [2.75, 3.05) is 48.4 Å². The van der Waals surface area contributed by atoms with E-state index in [-0.39, 0.29) is 89.4 Å². The zero-order chi connectivity index (χ0) is 50.6. The van der Waals surface area contributed by atoms with Gasteiger partial charge in [0.15, 0.2) is 0 Å². The fraction of sp³-hybridized carbons (Fsp3) is 0.0833. The van der Waals surface area contributed by atoms with Gasteiger partial charge in [-0.15, -0.1) is 85.0 Å². The first-order valence-electron chi connectivity index (χ1n) is 23.4. The summed E-state index contributed by atoms with van der Waals surface area (Å²) in [6.07, 6.45) is 9.24. The number of halogens is 5. The van der Waals surface area contributed by atoms with Crippen LogP contribution >= 0.6 is 0 Å². The Hall–Kier alpha value is -6.76. The van der Waals surface area contributed by atoms with Gasteiger partial charge in [0.05, 0.1) is 0 Å². The molecule has 8 aromatic rings. The second-order valence-corrected chi connectivity index (χ2v) is 17.5. The van der Waals surface area contributed by atoms with Gasteiger partial charge in [-0.05, 0) is 111 Å². The average molecular weight is 1550 g/mol.